The van der Waals surface area contributed by atoms with Crippen LogP contribution in [0.1, 0.15) is 39.2 Å². The van der Waals surface area contributed by atoms with E-state index < -0.39 is 8.32 Å². The number of nitrogens with zero attached hydrogens (tertiary/aromatic N) is 3. The second-order valence-electron chi connectivity index (χ2n) is 11.5. The minimum absolute atomic E-state index is 0.0411. The SMILES string of the molecule is CC(C)(C)[Si](OCCN1CCCCNc2ncnc(Nc3ccccc3)c2C1)(c1ccccc1)c1ccccc1. The lowest BCUT2D eigenvalue weighted by atomic mass is 10.2. The minimum Gasteiger partial charge on any atom is -0.406 e. The maximum atomic E-state index is 7.22. The summed E-state index contributed by atoms with van der Waals surface area (Å²) in [5.41, 5.74) is 2.11. The smallest absolute Gasteiger partial charge is 0.261 e. The fraction of sp³-hybridized carbons (Fsp3) is 0.333. The average molecular weight is 552 g/mol. The third kappa shape index (κ3) is 6.27. The van der Waals surface area contributed by atoms with E-state index in [1.54, 1.807) is 6.33 Å². The molecule has 3 aromatic carbocycles. The molecular formula is C33H41N5OSi. The van der Waals surface area contributed by atoms with Gasteiger partial charge in [0.1, 0.15) is 18.0 Å². The lowest BCUT2D eigenvalue weighted by Gasteiger charge is -2.43. The van der Waals surface area contributed by atoms with Crippen LogP contribution in [-0.4, -0.2) is 49.4 Å². The van der Waals surface area contributed by atoms with Gasteiger partial charge in [0, 0.05) is 31.9 Å². The van der Waals surface area contributed by atoms with E-state index in [0.717, 1.165) is 61.9 Å². The predicted octanol–water partition coefficient (Wildman–Crippen LogP) is 5.80. The molecule has 2 N–H and O–H groups in total. The Balaban J connectivity index is 1.41. The molecule has 5 rings (SSSR count). The highest BCUT2D eigenvalue weighted by molar-refractivity contribution is 6.99. The molecule has 1 aromatic heterocycles. The van der Waals surface area contributed by atoms with Crippen molar-refractivity contribution in [1.29, 1.82) is 0 Å². The highest BCUT2D eigenvalue weighted by Gasteiger charge is 2.50. The van der Waals surface area contributed by atoms with Gasteiger partial charge in [-0.05, 0) is 46.9 Å². The molecule has 208 valence electrons. The summed E-state index contributed by atoms with van der Waals surface area (Å²) in [5, 5.41) is 9.66. The van der Waals surface area contributed by atoms with Gasteiger partial charge in [0.15, 0.2) is 0 Å². The number of rotatable bonds is 8. The molecule has 7 heteroatoms. The van der Waals surface area contributed by atoms with Gasteiger partial charge in [-0.3, -0.25) is 4.90 Å². The topological polar surface area (TPSA) is 62.3 Å². The van der Waals surface area contributed by atoms with Crippen molar-refractivity contribution in [2.75, 3.05) is 36.9 Å². The molecule has 1 aliphatic rings. The second-order valence-corrected chi connectivity index (χ2v) is 15.8. The van der Waals surface area contributed by atoms with Crippen molar-refractivity contribution in [2.45, 2.75) is 45.2 Å². The first-order valence-electron chi connectivity index (χ1n) is 14.3. The molecule has 40 heavy (non-hydrogen) atoms. The number of para-hydroxylation sites is 1. The Morgan fingerprint density at radius 1 is 0.850 bits per heavy atom. The van der Waals surface area contributed by atoms with Crippen molar-refractivity contribution < 1.29 is 4.43 Å². The van der Waals surface area contributed by atoms with Crippen molar-refractivity contribution >= 4 is 36.0 Å². The normalized spacial score (nSPS) is 14.8. The van der Waals surface area contributed by atoms with Gasteiger partial charge in [-0.1, -0.05) is 99.6 Å². The van der Waals surface area contributed by atoms with E-state index in [4.69, 9.17) is 4.43 Å². The zero-order chi connectivity index (χ0) is 27.8. The summed E-state index contributed by atoms with van der Waals surface area (Å²) in [6, 6.07) is 32.0. The van der Waals surface area contributed by atoms with Gasteiger partial charge in [0.05, 0.1) is 5.56 Å². The van der Waals surface area contributed by atoms with Gasteiger partial charge in [0.2, 0.25) is 0 Å². The van der Waals surface area contributed by atoms with Crippen LogP contribution >= 0.6 is 0 Å². The fourth-order valence-corrected chi connectivity index (χ4v) is 10.3. The minimum atomic E-state index is -2.58. The van der Waals surface area contributed by atoms with E-state index >= 15 is 0 Å². The number of hydrogen-bond donors (Lipinski definition) is 2. The lowest BCUT2D eigenvalue weighted by molar-refractivity contribution is 0.194. The number of benzene rings is 3. The van der Waals surface area contributed by atoms with Crippen molar-refractivity contribution in [2.24, 2.45) is 0 Å². The third-order valence-electron chi connectivity index (χ3n) is 7.70. The quantitative estimate of drug-likeness (QED) is 0.270. The molecule has 0 radical (unpaired) electrons. The first-order chi connectivity index (χ1) is 19.5. The van der Waals surface area contributed by atoms with Gasteiger partial charge < -0.3 is 15.1 Å². The Hall–Kier alpha value is -3.52. The van der Waals surface area contributed by atoms with E-state index in [2.05, 4.69) is 119 Å². The van der Waals surface area contributed by atoms with Gasteiger partial charge in [0.25, 0.3) is 8.32 Å². The standard InChI is InChI=1S/C33H41N5OSi/c1-33(2,3)40(28-17-9-5-10-18-28,29-19-11-6-12-20-29)39-24-23-38-22-14-13-21-34-31-30(25-38)32(36-26-35-31)37-27-15-7-4-8-16-27/h4-12,15-20,26H,13-14,21-25H2,1-3H3,(H2,34,35,36,37). The monoisotopic (exact) mass is 551 g/mol. The molecule has 0 atom stereocenters. The van der Waals surface area contributed by atoms with E-state index in [1.165, 1.54) is 10.4 Å². The number of hydrogen-bond acceptors (Lipinski definition) is 6. The maximum absolute atomic E-state index is 7.22. The fourth-order valence-electron chi connectivity index (χ4n) is 5.73. The van der Waals surface area contributed by atoms with Crippen LogP contribution in [0.2, 0.25) is 5.04 Å². The Labute approximate surface area is 240 Å². The summed E-state index contributed by atoms with van der Waals surface area (Å²) in [4.78, 5) is 11.8. The molecule has 2 heterocycles. The van der Waals surface area contributed by atoms with Gasteiger partial charge in [-0.2, -0.15) is 0 Å². The summed E-state index contributed by atoms with van der Waals surface area (Å²) in [5.74, 6) is 1.76. The van der Waals surface area contributed by atoms with Crippen LogP contribution in [0.15, 0.2) is 97.3 Å². The summed E-state index contributed by atoms with van der Waals surface area (Å²) in [6.07, 6.45) is 3.86. The van der Waals surface area contributed by atoms with Crippen LogP contribution in [0.3, 0.4) is 0 Å². The average Bonchev–Trinajstić information content (AvgIpc) is 3.07. The Bertz CT molecular complexity index is 1310. The Kier molecular flexibility index (Phi) is 8.94. The molecule has 6 nitrogen and oxygen atoms in total. The molecule has 0 saturated carbocycles. The molecule has 0 bridgehead atoms. The number of anilines is 3. The molecule has 0 fully saturated rings. The van der Waals surface area contributed by atoms with Crippen LogP contribution in [0.5, 0.6) is 0 Å². The van der Waals surface area contributed by atoms with Gasteiger partial charge in [-0.25, -0.2) is 9.97 Å². The van der Waals surface area contributed by atoms with Crippen molar-refractivity contribution in [3.63, 3.8) is 0 Å². The first kappa shape index (κ1) is 28.0. The van der Waals surface area contributed by atoms with E-state index in [-0.39, 0.29) is 5.04 Å². The van der Waals surface area contributed by atoms with Crippen LogP contribution in [0, 0.1) is 0 Å². The molecule has 0 unspecified atom stereocenters. The predicted molar refractivity (Wildman–Crippen MR) is 168 cm³/mol. The zero-order valence-corrected chi connectivity index (χ0v) is 24.9. The summed E-state index contributed by atoms with van der Waals surface area (Å²) in [7, 11) is -2.58. The highest BCUT2D eigenvalue weighted by Crippen LogP contribution is 2.36. The summed E-state index contributed by atoms with van der Waals surface area (Å²) < 4.78 is 7.22. The van der Waals surface area contributed by atoms with Crippen molar-refractivity contribution in [3.8, 4) is 0 Å². The molecular weight excluding hydrogens is 510 g/mol. The van der Waals surface area contributed by atoms with E-state index in [9.17, 15) is 0 Å². The molecule has 0 spiro atoms. The number of fused-ring (bicyclic) bond motifs is 1. The summed E-state index contributed by atoms with van der Waals surface area (Å²) in [6.45, 7) is 11.2. The second kappa shape index (κ2) is 12.8. The van der Waals surface area contributed by atoms with Crippen LogP contribution < -0.4 is 21.0 Å². The number of aromatic nitrogens is 2. The third-order valence-corrected chi connectivity index (χ3v) is 12.7. The van der Waals surface area contributed by atoms with Crippen LogP contribution in [0.25, 0.3) is 0 Å². The van der Waals surface area contributed by atoms with Crippen molar-refractivity contribution in [3.05, 3.63) is 103 Å². The largest absolute Gasteiger partial charge is 0.406 e. The molecule has 0 saturated heterocycles. The summed E-state index contributed by atoms with van der Waals surface area (Å²) >= 11 is 0. The van der Waals surface area contributed by atoms with Crippen molar-refractivity contribution in [1.82, 2.24) is 14.9 Å². The zero-order valence-electron chi connectivity index (χ0n) is 23.9. The Morgan fingerprint density at radius 2 is 1.48 bits per heavy atom. The molecule has 0 amide bonds. The molecule has 1 aliphatic heterocycles. The molecule has 0 aliphatic carbocycles. The van der Waals surface area contributed by atoms with Gasteiger partial charge in [-0.15, -0.1) is 0 Å². The van der Waals surface area contributed by atoms with Crippen LogP contribution in [0.4, 0.5) is 17.3 Å². The van der Waals surface area contributed by atoms with Crippen LogP contribution in [-0.2, 0) is 11.0 Å². The molecule has 4 aromatic rings. The van der Waals surface area contributed by atoms with E-state index in [1.807, 2.05) is 18.2 Å². The Morgan fingerprint density at radius 3 is 2.10 bits per heavy atom. The van der Waals surface area contributed by atoms with Gasteiger partial charge >= 0.3 is 0 Å². The highest BCUT2D eigenvalue weighted by atomic mass is 28.4. The lowest BCUT2D eigenvalue weighted by Crippen LogP contribution is -2.67. The number of nitrogens with one attached hydrogen (secondary N) is 2. The van der Waals surface area contributed by atoms with E-state index in [0.29, 0.717) is 6.61 Å². The first-order valence-corrected chi connectivity index (χ1v) is 16.3. The maximum Gasteiger partial charge on any atom is 0.261 e.